The summed E-state index contributed by atoms with van der Waals surface area (Å²) in [5.74, 6) is 1.03. The van der Waals surface area contributed by atoms with Crippen LogP contribution in [0.3, 0.4) is 0 Å². The van der Waals surface area contributed by atoms with E-state index in [0.29, 0.717) is 5.75 Å². The van der Waals surface area contributed by atoms with Crippen LogP contribution in [0, 0.1) is 0 Å². The Morgan fingerprint density at radius 3 is 1.83 bits per heavy atom. The van der Waals surface area contributed by atoms with Crippen LogP contribution in [-0.2, 0) is 10.2 Å². The van der Waals surface area contributed by atoms with Crippen LogP contribution < -0.4 is 9.47 Å². The molecule has 1 aliphatic rings. The van der Waals surface area contributed by atoms with Crippen molar-refractivity contribution >= 4 is 16.7 Å². The van der Waals surface area contributed by atoms with E-state index in [1.54, 1.807) is 7.11 Å². The van der Waals surface area contributed by atoms with Gasteiger partial charge in [-0.1, -0.05) is 72.8 Å². The molecule has 3 nitrogen and oxygen atoms in total. The van der Waals surface area contributed by atoms with Crippen LogP contribution in [0.4, 0.5) is 0 Å². The third kappa shape index (κ3) is 3.23. The topological polar surface area (TPSA) is 35.5 Å². The summed E-state index contributed by atoms with van der Waals surface area (Å²) < 4.78 is 10.8. The highest BCUT2D eigenvalue weighted by molar-refractivity contribution is 5.95. The van der Waals surface area contributed by atoms with Gasteiger partial charge in [0.25, 0.3) is 0 Å². The highest BCUT2D eigenvalue weighted by Crippen LogP contribution is 2.57. The zero-order chi connectivity index (χ0) is 24.0. The Kier molecular flexibility index (Phi) is 4.93. The monoisotopic (exact) mass is 456 g/mol. The summed E-state index contributed by atoms with van der Waals surface area (Å²) in [5.41, 5.74) is 6.67. The molecule has 0 bridgehead atoms. The molecule has 0 spiro atoms. The summed E-state index contributed by atoms with van der Waals surface area (Å²) in [7, 11) is 1.69. The zero-order valence-corrected chi connectivity index (χ0v) is 19.6. The minimum absolute atomic E-state index is 0.328. The van der Waals surface area contributed by atoms with Crippen molar-refractivity contribution in [2.24, 2.45) is 0 Å². The maximum atomic E-state index is 11.5. The Hall–Kier alpha value is -4.37. The molecule has 170 valence electrons. The van der Waals surface area contributed by atoms with Crippen LogP contribution in [0.15, 0.2) is 109 Å². The molecule has 0 aromatic heterocycles. The maximum Gasteiger partial charge on any atom is 0.308 e. The second-order valence-electron chi connectivity index (χ2n) is 8.89. The highest BCUT2D eigenvalue weighted by Gasteiger charge is 2.46. The summed E-state index contributed by atoms with van der Waals surface area (Å²) in [6, 6.07) is 38.0. The average molecular weight is 457 g/mol. The standard InChI is InChI=1S/C32H24O3/c1-21(33)35-27-17-13-25(14-18-27)32(24-11-15-26(34-2)16-12-24)30-10-6-5-9-28(30)29-19-22-7-3-4-8-23(22)20-31(29)32/h3-20H,1-2H3. The van der Waals surface area contributed by atoms with Crippen molar-refractivity contribution in [3.63, 3.8) is 0 Å². The molecule has 0 saturated heterocycles. The first-order valence-electron chi connectivity index (χ1n) is 11.7. The van der Waals surface area contributed by atoms with Gasteiger partial charge in [0.15, 0.2) is 0 Å². The number of hydrogen-bond donors (Lipinski definition) is 0. The van der Waals surface area contributed by atoms with Gasteiger partial charge in [-0.2, -0.15) is 0 Å². The number of ether oxygens (including phenoxy) is 2. The highest BCUT2D eigenvalue weighted by atomic mass is 16.5. The Morgan fingerprint density at radius 1 is 0.629 bits per heavy atom. The minimum Gasteiger partial charge on any atom is -0.497 e. The fraction of sp³-hybridized carbons (Fsp3) is 0.0938. The predicted molar refractivity (Wildman–Crippen MR) is 139 cm³/mol. The van der Waals surface area contributed by atoms with Gasteiger partial charge in [-0.3, -0.25) is 4.79 Å². The summed E-state index contributed by atoms with van der Waals surface area (Å²) >= 11 is 0. The largest absolute Gasteiger partial charge is 0.497 e. The van der Waals surface area contributed by atoms with Gasteiger partial charge < -0.3 is 9.47 Å². The molecular weight excluding hydrogens is 432 g/mol. The lowest BCUT2D eigenvalue weighted by Crippen LogP contribution is -2.28. The number of carbonyl (C=O) groups is 1. The third-order valence-corrected chi connectivity index (χ3v) is 6.98. The van der Waals surface area contributed by atoms with E-state index in [1.807, 2.05) is 24.3 Å². The molecule has 0 radical (unpaired) electrons. The molecule has 3 heteroatoms. The van der Waals surface area contributed by atoms with Gasteiger partial charge in [-0.25, -0.2) is 0 Å². The van der Waals surface area contributed by atoms with Crippen LogP contribution in [0.5, 0.6) is 11.5 Å². The SMILES string of the molecule is COc1ccc(C2(c3ccc(OC(C)=O)cc3)c3ccccc3-c3cc4ccccc4cc32)cc1. The van der Waals surface area contributed by atoms with Gasteiger partial charge >= 0.3 is 5.97 Å². The second kappa shape index (κ2) is 8.14. The zero-order valence-electron chi connectivity index (χ0n) is 19.6. The summed E-state index contributed by atoms with van der Waals surface area (Å²) in [5, 5.41) is 2.42. The smallest absolute Gasteiger partial charge is 0.308 e. The normalized spacial score (nSPS) is 15.9. The quantitative estimate of drug-likeness (QED) is 0.209. The number of rotatable bonds is 4. The second-order valence-corrected chi connectivity index (χ2v) is 8.89. The third-order valence-electron chi connectivity index (χ3n) is 6.98. The molecule has 0 amide bonds. The Labute approximate surface area is 204 Å². The van der Waals surface area contributed by atoms with Gasteiger partial charge in [-0.15, -0.1) is 0 Å². The summed E-state index contributed by atoms with van der Waals surface area (Å²) in [4.78, 5) is 11.5. The molecule has 1 atom stereocenters. The fourth-order valence-electron chi connectivity index (χ4n) is 5.53. The fourth-order valence-corrected chi connectivity index (χ4v) is 5.53. The lowest BCUT2D eigenvalue weighted by Gasteiger charge is -2.34. The van der Waals surface area contributed by atoms with Gasteiger partial charge in [0.05, 0.1) is 12.5 Å². The lowest BCUT2D eigenvalue weighted by atomic mass is 9.67. The van der Waals surface area contributed by atoms with Gasteiger partial charge in [0, 0.05) is 6.92 Å². The van der Waals surface area contributed by atoms with E-state index < -0.39 is 5.41 Å². The first-order chi connectivity index (χ1) is 17.1. The first kappa shape index (κ1) is 21.2. The molecule has 0 saturated carbocycles. The molecule has 6 rings (SSSR count). The van der Waals surface area contributed by atoms with E-state index in [4.69, 9.17) is 9.47 Å². The molecule has 1 unspecified atom stereocenters. The van der Waals surface area contributed by atoms with Crippen molar-refractivity contribution in [2.75, 3.05) is 7.11 Å². The van der Waals surface area contributed by atoms with Crippen molar-refractivity contribution < 1.29 is 14.3 Å². The van der Waals surface area contributed by atoms with Crippen LogP contribution in [-0.4, -0.2) is 13.1 Å². The van der Waals surface area contributed by atoms with E-state index >= 15 is 0 Å². The van der Waals surface area contributed by atoms with Crippen molar-refractivity contribution in [1.29, 1.82) is 0 Å². The van der Waals surface area contributed by atoms with Crippen molar-refractivity contribution in [1.82, 2.24) is 0 Å². The van der Waals surface area contributed by atoms with Gasteiger partial charge in [0.1, 0.15) is 11.5 Å². The molecule has 0 N–H and O–H groups in total. The predicted octanol–water partition coefficient (Wildman–Crippen LogP) is 7.14. The van der Waals surface area contributed by atoms with Gasteiger partial charge in [-0.05, 0) is 80.6 Å². The van der Waals surface area contributed by atoms with Gasteiger partial charge in [0.2, 0.25) is 0 Å². The van der Waals surface area contributed by atoms with E-state index in [9.17, 15) is 4.79 Å². The number of carbonyl (C=O) groups excluding carboxylic acids is 1. The van der Waals surface area contributed by atoms with E-state index in [2.05, 4.69) is 84.9 Å². The Balaban J connectivity index is 1.70. The molecule has 1 aliphatic carbocycles. The first-order valence-corrected chi connectivity index (χ1v) is 11.7. The van der Waals surface area contributed by atoms with E-state index in [0.717, 1.165) is 16.9 Å². The number of esters is 1. The van der Waals surface area contributed by atoms with E-state index in [1.165, 1.54) is 39.9 Å². The van der Waals surface area contributed by atoms with Crippen molar-refractivity contribution in [2.45, 2.75) is 12.3 Å². The molecule has 0 heterocycles. The average Bonchev–Trinajstić information content (AvgIpc) is 3.18. The minimum atomic E-state index is -0.531. The molecule has 35 heavy (non-hydrogen) atoms. The molecule has 5 aromatic rings. The number of hydrogen-bond acceptors (Lipinski definition) is 3. The number of methoxy groups -OCH3 is 1. The summed E-state index contributed by atoms with van der Waals surface area (Å²) in [6.45, 7) is 1.42. The maximum absolute atomic E-state index is 11.5. The van der Waals surface area contributed by atoms with Crippen molar-refractivity contribution in [3.05, 3.63) is 131 Å². The molecule has 5 aromatic carbocycles. The van der Waals surface area contributed by atoms with Crippen LogP contribution in [0.1, 0.15) is 29.2 Å². The number of fused-ring (bicyclic) bond motifs is 4. The van der Waals surface area contributed by atoms with Crippen LogP contribution in [0.2, 0.25) is 0 Å². The van der Waals surface area contributed by atoms with Crippen LogP contribution in [0.25, 0.3) is 21.9 Å². The number of benzene rings is 5. The Bertz CT molecular complexity index is 1570. The van der Waals surface area contributed by atoms with Crippen LogP contribution >= 0.6 is 0 Å². The lowest BCUT2D eigenvalue weighted by molar-refractivity contribution is -0.131. The summed E-state index contributed by atoms with van der Waals surface area (Å²) in [6.07, 6.45) is 0. The Morgan fingerprint density at radius 2 is 1.20 bits per heavy atom. The molecule has 0 fully saturated rings. The van der Waals surface area contributed by atoms with E-state index in [-0.39, 0.29) is 5.97 Å². The van der Waals surface area contributed by atoms with Crippen molar-refractivity contribution in [3.8, 4) is 22.6 Å². The molecular formula is C32H24O3. The molecule has 0 aliphatic heterocycles.